The van der Waals surface area contributed by atoms with E-state index >= 15 is 0 Å². The number of ether oxygens (including phenoxy) is 3. The molecule has 0 amide bonds. The molecule has 1 fully saturated rings. The number of benzene rings is 1. The van der Waals surface area contributed by atoms with E-state index in [-0.39, 0.29) is 17.5 Å². The zero-order valence-electron chi connectivity index (χ0n) is 19.3. The number of aromatic nitrogens is 3. The Kier molecular flexibility index (Phi) is 5.53. The van der Waals surface area contributed by atoms with E-state index in [1.165, 1.54) is 12.3 Å². The van der Waals surface area contributed by atoms with Gasteiger partial charge in [0.15, 0.2) is 5.43 Å². The largest absolute Gasteiger partial charge is 0.493 e. The van der Waals surface area contributed by atoms with Crippen molar-refractivity contribution in [1.29, 1.82) is 0 Å². The summed E-state index contributed by atoms with van der Waals surface area (Å²) in [5.41, 5.74) is 2.91. The third-order valence-electron chi connectivity index (χ3n) is 6.72. The van der Waals surface area contributed by atoms with E-state index in [1.54, 1.807) is 19.5 Å². The van der Waals surface area contributed by atoms with Crippen LogP contribution in [0.25, 0.3) is 22.4 Å². The zero-order valence-corrected chi connectivity index (χ0v) is 19.3. The molecule has 0 spiro atoms. The van der Waals surface area contributed by atoms with Gasteiger partial charge in [-0.2, -0.15) is 5.10 Å². The first-order valence-electron chi connectivity index (χ1n) is 11.2. The second-order valence-corrected chi connectivity index (χ2v) is 9.23. The maximum Gasteiger partial charge on any atom is 0.341 e. The molecule has 1 aromatic carbocycles. The van der Waals surface area contributed by atoms with Crippen LogP contribution in [0.4, 0.5) is 0 Å². The molecule has 5 rings (SSSR count). The lowest BCUT2D eigenvalue weighted by Crippen LogP contribution is -2.36. The van der Waals surface area contributed by atoms with Gasteiger partial charge in [0, 0.05) is 61.2 Å². The van der Waals surface area contributed by atoms with Crippen LogP contribution in [0, 0.1) is 0 Å². The normalized spacial score (nSPS) is 19.9. The predicted molar refractivity (Wildman–Crippen MR) is 124 cm³/mol. The standard InChI is InChI=1S/C25H27N3O6/c1-25(2)23-19(13-34-25)16-8-22(33-6-4-5-32-3)15(14-10-26-27-11-14)7-17(16)20-9-21(29)18(24(30)31)12-28(20)23/h7-12,19,23H,4-6,13H2,1-3H3,(H,26,27)(H,30,31)/t19-,23+/m1/s1. The zero-order chi connectivity index (χ0) is 24.0. The molecule has 0 bridgehead atoms. The van der Waals surface area contributed by atoms with Crippen LogP contribution >= 0.6 is 0 Å². The highest BCUT2D eigenvalue weighted by Gasteiger charge is 2.49. The second-order valence-electron chi connectivity index (χ2n) is 9.23. The van der Waals surface area contributed by atoms with Gasteiger partial charge in [-0.05, 0) is 31.5 Å². The minimum absolute atomic E-state index is 0.0265. The average Bonchev–Trinajstić information content (AvgIpc) is 3.44. The molecule has 1 saturated heterocycles. The first-order valence-corrected chi connectivity index (χ1v) is 11.2. The lowest BCUT2D eigenvalue weighted by atomic mass is 9.78. The Bertz CT molecular complexity index is 1290. The van der Waals surface area contributed by atoms with Crippen LogP contribution in [-0.2, 0) is 9.47 Å². The number of carboxylic acids is 1. The van der Waals surface area contributed by atoms with Crippen molar-refractivity contribution in [2.75, 3.05) is 26.9 Å². The number of nitrogens with zero attached hydrogens (tertiary/aromatic N) is 2. The molecule has 2 N–H and O–H groups in total. The molecular weight excluding hydrogens is 438 g/mol. The number of hydrogen-bond donors (Lipinski definition) is 2. The highest BCUT2D eigenvalue weighted by molar-refractivity contribution is 5.88. The number of rotatable bonds is 7. The molecular formula is C25H27N3O6. The van der Waals surface area contributed by atoms with Crippen LogP contribution in [0.3, 0.4) is 0 Å². The molecule has 9 heteroatoms. The Morgan fingerprint density at radius 2 is 2.12 bits per heavy atom. The summed E-state index contributed by atoms with van der Waals surface area (Å²) < 4.78 is 19.4. The van der Waals surface area contributed by atoms with Gasteiger partial charge in [0.1, 0.15) is 11.3 Å². The van der Waals surface area contributed by atoms with Gasteiger partial charge >= 0.3 is 5.97 Å². The highest BCUT2D eigenvalue weighted by Crippen LogP contribution is 2.54. The van der Waals surface area contributed by atoms with Crippen molar-refractivity contribution >= 4 is 5.97 Å². The van der Waals surface area contributed by atoms with Crippen LogP contribution in [0.15, 0.2) is 41.6 Å². The van der Waals surface area contributed by atoms with Crippen molar-refractivity contribution in [3.05, 3.63) is 58.1 Å². The quantitative estimate of drug-likeness (QED) is 0.513. The summed E-state index contributed by atoms with van der Waals surface area (Å²) in [6.07, 6.45) is 5.72. The van der Waals surface area contributed by atoms with E-state index in [4.69, 9.17) is 14.2 Å². The number of carbonyl (C=O) groups is 1. The van der Waals surface area contributed by atoms with E-state index in [0.29, 0.717) is 25.5 Å². The SMILES string of the molecule is COCCCOc1cc2c(cc1-c1cn[nH]c1)-c1cc(=O)c(C(=O)O)cn1[C@H]1[C@@H]2COC1(C)C. The van der Waals surface area contributed by atoms with Crippen LogP contribution in [-0.4, -0.2) is 58.4 Å². The summed E-state index contributed by atoms with van der Waals surface area (Å²) in [6.45, 7) is 5.55. The molecule has 9 nitrogen and oxygen atoms in total. The number of methoxy groups -OCH3 is 1. The lowest BCUT2D eigenvalue weighted by Gasteiger charge is -2.38. The highest BCUT2D eigenvalue weighted by atomic mass is 16.5. The van der Waals surface area contributed by atoms with Gasteiger partial charge in [-0.3, -0.25) is 9.89 Å². The monoisotopic (exact) mass is 465 g/mol. The Hall–Kier alpha value is -3.43. The molecule has 178 valence electrons. The van der Waals surface area contributed by atoms with Gasteiger partial charge in [-0.15, -0.1) is 0 Å². The van der Waals surface area contributed by atoms with Gasteiger partial charge in [0.2, 0.25) is 0 Å². The van der Waals surface area contributed by atoms with Gasteiger partial charge in [-0.25, -0.2) is 4.79 Å². The number of nitrogens with one attached hydrogen (secondary N) is 1. The second kappa shape index (κ2) is 8.41. The summed E-state index contributed by atoms with van der Waals surface area (Å²) in [7, 11) is 1.66. The number of H-pyrrole nitrogens is 1. The number of fused-ring (bicyclic) bond motifs is 6. The Balaban J connectivity index is 1.72. The van der Waals surface area contributed by atoms with Crippen molar-refractivity contribution < 1.29 is 24.1 Å². The van der Waals surface area contributed by atoms with Crippen LogP contribution in [0.1, 0.15) is 48.1 Å². The summed E-state index contributed by atoms with van der Waals surface area (Å²) >= 11 is 0. The fourth-order valence-corrected chi connectivity index (χ4v) is 5.16. The number of carboxylic acid groups (broad SMARTS) is 1. The third kappa shape index (κ3) is 3.61. The van der Waals surface area contributed by atoms with E-state index in [1.807, 2.05) is 30.5 Å². The fraction of sp³-hybridized carbons (Fsp3) is 0.400. The van der Waals surface area contributed by atoms with Crippen molar-refractivity contribution in [1.82, 2.24) is 14.8 Å². The maximum absolute atomic E-state index is 12.7. The lowest BCUT2D eigenvalue weighted by molar-refractivity contribution is 0.0145. The van der Waals surface area contributed by atoms with Gasteiger partial charge < -0.3 is 23.9 Å². The molecule has 34 heavy (non-hydrogen) atoms. The topological polar surface area (TPSA) is 116 Å². The minimum Gasteiger partial charge on any atom is -0.493 e. The van der Waals surface area contributed by atoms with E-state index < -0.39 is 17.0 Å². The van der Waals surface area contributed by atoms with E-state index in [9.17, 15) is 14.7 Å². The molecule has 2 aliphatic rings. The molecule has 4 heterocycles. The number of hydrogen-bond acceptors (Lipinski definition) is 6. The Morgan fingerprint density at radius 3 is 2.82 bits per heavy atom. The Morgan fingerprint density at radius 1 is 1.29 bits per heavy atom. The number of aromatic carboxylic acids is 1. The van der Waals surface area contributed by atoms with Crippen LogP contribution in [0.5, 0.6) is 5.75 Å². The summed E-state index contributed by atoms with van der Waals surface area (Å²) in [6, 6.07) is 5.28. The maximum atomic E-state index is 12.7. The molecule has 0 aliphatic carbocycles. The first kappa shape index (κ1) is 22.4. The predicted octanol–water partition coefficient (Wildman–Crippen LogP) is 3.47. The van der Waals surface area contributed by atoms with Crippen molar-refractivity contribution in [2.24, 2.45) is 0 Å². The van der Waals surface area contributed by atoms with E-state index in [0.717, 1.165) is 34.4 Å². The number of aromatic amines is 1. The first-order chi connectivity index (χ1) is 16.3. The summed E-state index contributed by atoms with van der Waals surface area (Å²) in [5, 5.41) is 16.5. The van der Waals surface area contributed by atoms with E-state index in [2.05, 4.69) is 10.2 Å². The minimum atomic E-state index is -1.24. The average molecular weight is 466 g/mol. The molecule has 3 aromatic rings. The summed E-state index contributed by atoms with van der Waals surface area (Å²) in [5.74, 6) is -0.544. The van der Waals surface area contributed by atoms with Gasteiger partial charge in [-0.1, -0.05) is 0 Å². The van der Waals surface area contributed by atoms with Gasteiger partial charge in [0.05, 0.1) is 36.7 Å². The molecule has 0 unspecified atom stereocenters. The smallest absolute Gasteiger partial charge is 0.341 e. The molecule has 2 atom stereocenters. The Labute approximate surface area is 196 Å². The molecule has 0 saturated carbocycles. The fourth-order valence-electron chi connectivity index (χ4n) is 5.16. The van der Waals surface area contributed by atoms with Crippen molar-refractivity contribution in [2.45, 2.75) is 37.8 Å². The third-order valence-corrected chi connectivity index (χ3v) is 6.72. The molecule has 2 aromatic heterocycles. The summed E-state index contributed by atoms with van der Waals surface area (Å²) in [4.78, 5) is 24.4. The van der Waals surface area contributed by atoms with Crippen molar-refractivity contribution in [3.8, 4) is 28.1 Å². The van der Waals surface area contributed by atoms with Crippen LogP contribution in [0.2, 0.25) is 0 Å². The molecule has 0 radical (unpaired) electrons. The van der Waals surface area contributed by atoms with Gasteiger partial charge in [0.25, 0.3) is 0 Å². The van der Waals surface area contributed by atoms with Crippen LogP contribution < -0.4 is 10.2 Å². The number of pyridine rings is 1. The molecule has 2 aliphatic heterocycles. The van der Waals surface area contributed by atoms with Crippen molar-refractivity contribution in [3.63, 3.8) is 0 Å².